The first-order valence-electron chi connectivity index (χ1n) is 7.22. The number of morpholine rings is 1. The van der Waals surface area contributed by atoms with Gasteiger partial charge in [-0.15, -0.1) is 0 Å². The molecule has 0 aliphatic carbocycles. The van der Waals surface area contributed by atoms with Gasteiger partial charge in [-0.3, -0.25) is 4.90 Å². The van der Waals surface area contributed by atoms with Gasteiger partial charge in [-0.25, -0.2) is 0 Å². The number of hydrogen-bond donors (Lipinski definition) is 1. The molecule has 1 aliphatic rings. The smallest absolute Gasteiger partial charge is 0.0753 e. The highest BCUT2D eigenvalue weighted by Gasteiger charge is 2.32. The van der Waals surface area contributed by atoms with E-state index in [9.17, 15) is 0 Å². The van der Waals surface area contributed by atoms with Crippen LogP contribution in [0.3, 0.4) is 0 Å². The largest absolute Gasteiger partial charge is 0.380 e. The third kappa shape index (κ3) is 3.58. The van der Waals surface area contributed by atoms with Crippen molar-refractivity contribution in [2.75, 3.05) is 33.4 Å². The molecule has 2 rings (SSSR count). The van der Waals surface area contributed by atoms with Crippen LogP contribution in [0.4, 0.5) is 0 Å². The van der Waals surface area contributed by atoms with Crippen molar-refractivity contribution in [3.63, 3.8) is 0 Å². The van der Waals surface area contributed by atoms with Crippen LogP contribution in [0.15, 0.2) is 24.3 Å². The molecule has 0 radical (unpaired) electrons. The Hall–Kier alpha value is -0.940. The summed E-state index contributed by atoms with van der Waals surface area (Å²) < 4.78 is 11.1. The molecule has 4 nitrogen and oxygen atoms in total. The van der Waals surface area contributed by atoms with Crippen LogP contribution in [0.25, 0.3) is 0 Å². The summed E-state index contributed by atoms with van der Waals surface area (Å²) in [5.41, 5.74) is 8.45. The standard InChI is InChI=1S/C16H26N2O2/c1-16(2)12-18(8-9-20-16)15(10-17)14-7-5-4-6-13(14)11-19-3/h4-7,15H,8-12,17H2,1-3H3. The fraction of sp³-hybridized carbons (Fsp3) is 0.625. The van der Waals surface area contributed by atoms with Crippen molar-refractivity contribution in [3.8, 4) is 0 Å². The number of rotatable bonds is 5. The summed E-state index contributed by atoms with van der Waals surface area (Å²) in [7, 11) is 1.73. The van der Waals surface area contributed by atoms with E-state index in [0.29, 0.717) is 13.2 Å². The first-order chi connectivity index (χ1) is 9.57. The third-order valence-corrected chi connectivity index (χ3v) is 3.83. The number of hydrogen-bond acceptors (Lipinski definition) is 4. The zero-order valence-corrected chi connectivity index (χ0v) is 12.8. The molecule has 1 atom stereocenters. The van der Waals surface area contributed by atoms with E-state index in [0.717, 1.165) is 19.7 Å². The van der Waals surface area contributed by atoms with Gasteiger partial charge in [0.15, 0.2) is 0 Å². The van der Waals surface area contributed by atoms with Crippen molar-refractivity contribution in [2.45, 2.75) is 32.1 Å². The van der Waals surface area contributed by atoms with Gasteiger partial charge in [0, 0.05) is 32.8 Å². The molecule has 0 amide bonds. The molecule has 1 unspecified atom stereocenters. The van der Waals surface area contributed by atoms with Crippen LogP contribution in [0, 0.1) is 0 Å². The van der Waals surface area contributed by atoms with E-state index in [1.54, 1.807) is 7.11 Å². The number of nitrogens with zero attached hydrogens (tertiary/aromatic N) is 1. The maximum Gasteiger partial charge on any atom is 0.0753 e. The van der Waals surface area contributed by atoms with Gasteiger partial charge in [-0.1, -0.05) is 24.3 Å². The SMILES string of the molecule is COCc1ccccc1C(CN)N1CCOC(C)(C)C1. The number of benzene rings is 1. The van der Waals surface area contributed by atoms with Crippen LogP contribution in [0.1, 0.15) is 31.0 Å². The van der Waals surface area contributed by atoms with Crippen molar-refractivity contribution in [3.05, 3.63) is 35.4 Å². The molecule has 4 heteroatoms. The van der Waals surface area contributed by atoms with Crippen LogP contribution < -0.4 is 5.73 Å². The lowest BCUT2D eigenvalue weighted by Gasteiger charge is -2.42. The number of nitrogens with two attached hydrogens (primary N) is 1. The van der Waals surface area contributed by atoms with Gasteiger partial charge in [0.2, 0.25) is 0 Å². The monoisotopic (exact) mass is 278 g/mol. The molecule has 20 heavy (non-hydrogen) atoms. The average Bonchev–Trinajstić information content (AvgIpc) is 2.41. The molecule has 1 fully saturated rings. The summed E-state index contributed by atoms with van der Waals surface area (Å²) in [4.78, 5) is 2.43. The van der Waals surface area contributed by atoms with E-state index < -0.39 is 0 Å². The second-order valence-electron chi connectivity index (χ2n) is 5.96. The Morgan fingerprint density at radius 3 is 2.80 bits per heavy atom. The van der Waals surface area contributed by atoms with Crippen molar-refractivity contribution in [1.82, 2.24) is 4.90 Å². The first-order valence-corrected chi connectivity index (χ1v) is 7.22. The van der Waals surface area contributed by atoms with E-state index in [1.807, 2.05) is 0 Å². The molecule has 1 aromatic carbocycles. The second kappa shape index (κ2) is 6.68. The summed E-state index contributed by atoms with van der Waals surface area (Å²) in [6.07, 6.45) is 0. The van der Waals surface area contributed by atoms with Crippen LogP contribution in [-0.4, -0.2) is 43.9 Å². The minimum Gasteiger partial charge on any atom is -0.380 e. The van der Waals surface area contributed by atoms with E-state index in [4.69, 9.17) is 15.2 Å². The normalized spacial score (nSPS) is 20.8. The van der Waals surface area contributed by atoms with Crippen molar-refractivity contribution in [1.29, 1.82) is 0 Å². The van der Waals surface area contributed by atoms with Crippen LogP contribution in [0.5, 0.6) is 0 Å². The van der Waals surface area contributed by atoms with Gasteiger partial charge in [0.25, 0.3) is 0 Å². The predicted octanol–water partition coefficient (Wildman–Crippen LogP) is 1.94. The zero-order valence-electron chi connectivity index (χ0n) is 12.8. The molecule has 1 aromatic rings. The summed E-state index contributed by atoms with van der Waals surface area (Å²) in [6.45, 7) is 8.08. The minimum atomic E-state index is -0.109. The zero-order chi connectivity index (χ0) is 14.6. The Bertz CT molecular complexity index is 434. The summed E-state index contributed by atoms with van der Waals surface area (Å²) in [5, 5.41) is 0. The van der Waals surface area contributed by atoms with Gasteiger partial charge >= 0.3 is 0 Å². The summed E-state index contributed by atoms with van der Waals surface area (Å²) >= 11 is 0. The third-order valence-electron chi connectivity index (χ3n) is 3.83. The molecule has 112 valence electrons. The molecule has 1 saturated heterocycles. The van der Waals surface area contributed by atoms with Gasteiger partial charge in [-0.2, -0.15) is 0 Å². The Morgan fingerprint density at radius 2 is 2.15 bits per heavy atom. The number of ether oxygens (including phenoxy) is 2. The Kier molecular flexibility index (Phi) is 5.16. The van der Waals surface area contributed by atoms with Gasteiger partial charge < -0.3 is 15.2 Å². The second-order valence-corrected chi connectivity index (χ2v) is 5.96. The molecule has 0 spiro atoms. The number of methoxy groups -OCH3 is 1. The highest BCUT2D eigenvalue weighted by atomic mass is 16.5. The van der Waals surface area contributed by atoms with Gasteiger partial charge in [0.05, 0.1) is 18.8 Å². The average molecular weight is 278 g/mol. The van der Waals surface area contributed by atoms with Crippen LogP contribution >= 0.6 is 0 Å². The molecule has 0 saturated carbocycles. The predicted molar refractivity (Wildman–Crippen MR) is 80.6 cm³/mol. The van der Waals surface area contributed by atoms with E-state index in [-0.39, 0.29) is 11.6 Å². The maximum absolute atomic E-state index is 6.07. The van der Waals surface area contributed by atoms with Gasteiger partial charge in [0.1, 0.15) is 0 Å². The van der Waals surface area contributed by atoms with Crippen molar-refractivity contribution < 1.29 is 9.47 Å². The van der Waals surface area contributed by atoms with Gasteiger partial charge in [-0.05, 0) is 25.0 Å². The fourth-order valence-electron chi connectivity index (χ4n) is 2.94. The Balaban J connectivity index is 2.23. The Morgan fingerprint density at radius 1 is 1.40 bits per heavy atom. The van der Waals surface area contributed by atoms with Crippen molar-refractivity contribution >= 4 is 0 Å². The highest BCUT2D eigenvalue weighted by molar-refractivity contribution is 5.30. The van der Waals surface area contributed by atoms with E-state index in [2.05, 4.69) is 43.0 Å². The topological polar surface area (TPSA) is 47.7 Å². The lowest BCUT2D eigenvalue weighted by Crippen LogP contribution is -2.50. The quantitative estimate of drug-likeness (QED) is 0.894. The summed E-state index contributed by atoms with van der Waals surface area (Å²) in [5.74, 6) is 0. The van der Waals surface area contributed by atoms with Crippen LogP contribution in [-0.2, 0) is 16.1 Å². The lowest BCUT2D eigenvalue weighted by atomic mass is 9.97. The molecular weight excluding hydrogens is 252 g/mol. The minimum absolute atomic E-state index is 0.109. The van der Waals surface area contributed by atoms with E-state index >= 15 is 0 Å². The molecule has 1 heterocycles. The van der Waals surface area contributed by atoms with Crippen LogP contribution in [0.2, 0.25) is 0 Å². The highest BCUT2D eigenvalue weighted by Crippen LogP contribution is 2.28. The molecular formula is C16H26N2O2. The summed E-state index contributed by atoms with van der Waals surface area (Å²) in [6, 6.07) is 8.63. The molecule has 2 N–H and O–H groups in total. The lowest BCUT2D eigenvalue weighted by molar-refractivity contribution is -0.0968. The fourth-order valence-corrected chi connectivity index (χ4v) is 2.94. The Labute approximate surface area is 121 Å². The molecule has 1 aliphatic heterocycles. The maximum atomic E-state index is 6.07. The molecule has 0 aromatic heterocycles. The van der Waals surface area contributed by atoms with Crippen molar-refractivity contribution in [2.24, 2.45) is 5.73 Å². The molecule has 0 bridgehead atoms. The first kappa shape index (κ1) is 15.4. The van der Waals surface area contributed by atoms with E-state index in [1.165, 1.54) is 11.1 Å².